The molecule has 26 heavy (non-hydrogen) atoms. The van der Waals surface area contributed by atoms with Crippen LogP contribution in [0.3, 0.4) is 0 Å². The zero-order valence-corrected chi connectivity index (χ0v) is 20.0. The molecule has 1 aromatic carbocycles. The van der Waals surface area contributed by atoms with Crippen molar-refractivity contribution in [1.29, 1.82) is 0 Å². The molecule has 0 aliphatic carbocycles. The van der Waals surface area contributed by atoms with Crippen LogP contribution in [0.4, 0.5) is 0 Å². The summed E-state index contributed by atoms with van der Waals surface area (Å²) in [6.07, 6.45) is 3.30. The fourth-order valence-corrected chi connectivity index (χ4v) is 3.58. The molecule has 0 aromatic heterocycles. The predicted octanol–water partition coefficient (Wildman–Crippen LogP) is 8.85. The summed E-state index contributed by atoms with van der Waals surface area (Å²) in [5.74, 6) is 0. The molecule has 0 saturated carbocycles. The number of benzene rings is 1. The second kappa shape index (κ2) is 12.7. The summed E-state index contributed by atoms with van der Waals surface area (Å²) in [7, 11) is 0. The Hall–Kier alpha value is -1.56. The van der Waals surface area contributed by atoms with Crippen LogP contribution in [0, 0.1) is 27.7 Å². The van der Waals surface area contributed by atoms with E-state index >= 15 is 0 Å². The minimum Gasteiger partial charge on any atom is -0.0961 e. The van der Waals surface area contributed by atoms with Gasteiger partial charge in [0.05, 0.1) is 0 Å². The number of hydrogen-bond donors (Lipinski definition) is 0. The van der Waals surface area contributed by atoms with Crippen molar-refractivity contribution in [2.45, 2.75) is 96.4 Å². The van der Waals surface area contributed by atoms with Crippen molar-refractivity contribution >= 4 is 5.57 Å². The molecular weight excluding hydrogens is 312 g/mol. The summed E-state index contributed by atoms with van der Waals surface area (Å²) >= 11 is 0. The van der Waals surface area contributed by atoms with Gasteiger partial charge in [0.2, 0.25) is 0 Å². The molecule has 0 nitrogen and oxygen atoms in total. The molecule has 0 heteroatoms. The van der Waals surface area contributed by atoms with Gasteiger partial charge in [-0.2, -0.15) is 0 Å². The Morgan fingerprint density at radius 1 is 0.769 bits per heavy atom. The van der Waals surface area contributed by atoms with Crippen molar-refractivity contribution in [1.82, 2.24) is 0 Å². The van der Waals surface area contributed by atoms with E-state index in [9.17, 15) is 0 Å². The molecule has 0 unspecified atom stereocenters. The standard InChI is InChI=1S/C22H32.2C2H6/c1-11-20-16(7)18(9)22(19(10)17(20)8)21(14(4)5)15(6)12-13(2)3;2*1-2/h12H,2,11H2,1,3-10H3;2*1-2H3/b15-12-;;. The van der Waals surface area contributed by atoms with E-state index in [-0.39, 0.29) is 0 Å². The van der Waals surface area contributed by atoms with Gasteiger partial charge in [0.15, 0.2) is 0 Å². The normalized spacial score (nSPS) is 10.3. The zero-order valence-electron chi connectivity index (χ0n) is 20.0. The van der Waals surface area contributed by atoms with Crippen molar-refractivity contribution in [3.05, 3.63) is 62.8 Å². The molecule has 0 atom stereocenters. The van der Waals surface area contributed by atoms with Gasteiger partial charge in [-0.05, 0) is 106 Å². The van der Waals surface area contributed by atoms with Crippen LogP contribution in [0.1, 0.15) is 95.7 Å². The summed E-state index contributed by atoms with van der Waals surface area (Å²) in [6.45, 7) is 32.1. The second-order valence-electron chi connectivity index (χ2n) is 6.76. The van der Waals surface area contributed by atoms with Crippen molar-refractivity contribution in [2.75, 3.05) is 0 Å². The molecule has 0 spiro atoms. The molecular formula is C26H44. The Labute approximate surface area is 165 Å². The maximum Gasteiger partial charge on any atom is -0.0118 e. The summed E-state index contributed by atoms with van der Waals surface area (Å²) < 4.78 is 0. The molecule has 0 N–H and O–H groups in total. The van der Waals surface area contributed by atoms with Crippen LogP contribution < -0.4 is 0 Å². The average molecular weight is 357 g/mol. The first-order chi connectivity index (χ1) is 12.1. The van der Waals surface area contributed by atoms with E-state index in [0.29, 0.717) is 0 Å². The molecule has 0 aliphatic heterocycles. The molecule has 0 aliphatic rings. The first-order valence-electron chi connectivity index (χ1n) is 10.2. The quantitative estimate of drug-likeness (QED) is 0.472. The van der Waals surface area contributed by atoms with Crippen LogP contribution in [-0.2, 0) is 6.42 Å². The molecule has 148 valence electrons. The molecule has 0 bridgehead atoms. The lowest BCUT2D eigenvalue weighted by Crippen LogP contribution is -2.06. The minimum absolute atomic E-state index is 1.10. The van der Waals surface area contributed by atoms with Crippen LogP contribution in [-0.4, -0.2) is 0 Å². The third kappa shape index (κ3) is 6.31. The van der Waals surface area contributed by atoms with Gasteiger partial charge in [-0.1, -0.05) is 58.4 Å². The van der Waals surface area contributed by atoms with Crippen molar-refractivity contribution in [3.63, 3.8) is 0 Å². The Balaban J connectivity index is 0. The summed E-state index contributed by atoms with van der Waals surface area (Å²) in [5, 5.41) is 0. The fourth-order valence-electron chi connectivity index (χ4n) is 3.58. The molecule has 0 amide bonds. The Kier molecular flexibility index (Phi) is 13.1. The molecule has 0 heterocycles. The molecule has 0 radical (unpaired) electrons. The van der Waals surface area contributed by atoms with E-state index in [1.54, 1.807) is 0 Å². The number of hydrogen-bond acceptors (Lipinski definition) is 0. The van der Waals surface area contributed by atoms with Crippen LogP contribution >= 0.6 is 0 Å². The van der Waals surface area contributed by atoms with Gasteiger partial charge in [0.1, 0.15) is 0 Å². The summed E-state index contributed by atoms with van der Waals surface area (Å²) in [4.78, 5) is 0. The Morgan fingerprint density at radius 2 is 1.15 bits per heavy atom. The van der Waals surface area contributed by atoms with Crippen molar-refractivity contribution in [3.8, 4) is 0 Å². The first kappa shape index (κ1) is 26.7. The van der Waals surface area contributed by atoms with Crippen LogP contribution in [0.2, 0.25) is 0 Å². The molecule has 1 rings (SSSR count). The lowest BCUT2D eigenvalue weighted by atomic mass is 9.81. The largest absolute Gasteiger partial charge is 0.0961 e. The van der Waals surface area contributed by atoms with Gasteiger partial charge in [-0.15, -0.1) is 0 Å². The summed E-state index contributed by atoms with van der Waals surface area (Å²) in [5.41, 5.74) is 13.8. The van der Waals surface area contributed by atoms with E-state index in [2.05, 4.69) is 75.0 Å². The van der Waals surface area contributed by atoms with E-state index < -0.39 is 0 Å². The average Bonchev–Trinajstić information content (AvgIpc) is 2.60. The van der Waals surface area contributed by atoms with Gasteiger partial charge in [0, 0.05) is 0 Å². The predicted molar refractivity (Wildman–Crippen MR) is 124 cm³/mol. The number of rotatable bonds is 4. The zero-order chi connectivity index (χ0) is 21.2. The fraction of sp³-hybridized carbons (Fsp3) is 0.538. The van der Waals surface area contributed by atoms with Crippen molar-refractivity contribution < 1.29 is 0 Å². The van der Waals surface area contributed by atoms with E-state index in [1.807, 2.05) is 27.7 Å². The highest BCUT2D eigenvalue weighted by atomic mass is 14.2. The monoisotopic (exact) mass is 356 g/mol. The molecule has 0 saturated heterocycles. The maximum atomic E-state index is 4.04. The third-order valence-electron chi connectivity index (χ3n) is 4.74. The lowest BCUT2D eigenvalue weighted by Gasteiger charge is -2.23. The highest BCUT2D eigenvalue weighted by molar-refractivity contribution is 5.85. The Bertz CT molecular complexity index is 631. The van der Waals surface area contributed by atoms with Gasteiger partial charge in [-0.3, -0.25) is 0 Å². The lowest BCUT2D eigenvalue weighted by molar-refractivity contribution is 1.04. The van der Waals surface area contributed by atoms with Crippen LogP contribution in [0.5, 0.6) is 0 Å². The van der Waals surface area contributed by atoms with E-state index in [1.165, 1.54) is 50.1 Å². The van der Waals surface area contributed by atoms with Gasteiger partial charge in [0.25, 0.3) is 0 Å². The van der Waals surface area contributed by atoms with E-state index in [4.69, 9.17) is 0 Å². The second-order valence-corrected chi connectivity index (χ2v) is 6.76. The third-order valence-corrected chi connectivity index (χ3v) is 4.74. The highest BCUT2D eigenvalue weighted by Crippen LogP contribution is 2.36. The Morgan fingerprint density at radius 3 is 1.42 bits per heavy atom. The molecule has 0 fully saturated rings. The van der Waals surface area contributed by atoms with Crippen LogP contribution in [0.25, 0.3) is 5.57 Å². The van der Waals surface area contributed by atoms with Crippen molar-refractivity contribution in [2.24, 2.45) is 0 Å². The first-order valence-corrected chi connectivity index (χ1v) is 10.2. The highest BCUT2D eigenvalue weighted by Gasteiger charge is 2.18. The van der Waals surface area contributed by atoms with Gasteiger partial charge in [-0.25, -0.2) is 0 Å². The number of allylic oxidation sites excluding steroid dienone is 5. The molecule has 1 aromatic rings. The topological polar surface area (TPSA) is 0 Å². The smallest absolute Gasteiger partial charge is 0.0118 e. The van der Waals surface area contributed by atoms with Crippen LogP contribution in [0.15, 0.2) is 29.4 Å². The minimum atomic E-state index is 1.10. The van der Waals surface area contributed by atoms with E-state index in [0.717, 1.165) is 12.0 Å². The SMILES string of the molecule is C=C(C)/C=C(/C)C(=C(C)C)c1c(C)c(C)c(CC)c(C)c1C.CC.CC. The van der Waals surface area contributed by atoms with Gasteiger partial charge < -0.3 is 0 Å². The maximum absolute atomic E-state index is 4.04. The van der Waals surface area contributed by atoms with Gasteiger partial charge >= 0.3 is 0 Å². The summed E-state index contributed by atoms with van der Waals surface area (Å²) in [6, 6.07) is 0.